The fourth-order valence-corrected chi connectivity index (χ4v) is 3.75. The van der Waals surface area contributed by atoms with E-state index in [9.17, 15) is 9.59 Å². The minimum Gasteiger partial charge on any atom is -0.493 e. The zero-order chi connectivity index (χ0) is 23.6. The van der Waals surface area contributed by atoms with E-state index in [1.54, 1.807) is 50.6 Å². The molecule has 1 aliphatic rings. The fourth-order valence-electron chi connectivity index (χ4n) is 3.62. The summed E-state index contributed by atoms with van der Waals surface area (Å²) >= 11 is 5.89. The van der Waals surface area contributed by atoms with Gasteiger partial charge in [0.1, 0.15) is 0 Å². The second kappa shape index (κ2) is 12.3. The van der Waals surface area contributed by atoms with Crippen molar-refractivity contribution in [3.63, 3.8) is 0 Å². The van der Waals surface area contributed by atoms with E-state index in [1.807, 2.05) is 23.1 Å². The highest BCUT2D eigenvalue weighted by Gasteiger charge is 2.19. The molecular weight excluding hydrogens is 442 g/mol. The average molecular weight is 472 g/mol. The number of methoxy groups -OCH3 is 2. The predicted octanol–water partition coefficient (Wildman–Crippen LogP) is 3.33. The number of carbonyl (C=O) groups is 2. The molecule has 0 radical (unpaired) electrons. The lowest BCUT2D eigenvalue weighted by atomic mass is 10.2. The molecule has 0 unspecified atom stereocenters. The van der Waals surface area contributed by atoms with Gasteiger partial charge in [0.15, 0.2) is 11.5 Å². The third kappa shape index (κ3) is 7.23. The van der Waals surface area contributed by atoms with E-state index in [-0.39, 0.29) is 11.8 Å². The van der Waals surface area contributed by atoms with Crippen molar-refractivity contribution in [2.75, 3.05) is 53.5 Å². The van der Waals surface area contributed by atoms with Crippen molar-refractivity contribution in [1.82, 2.24) is 15.1 Å². The van der Waals surface area contributed by atoms with Crippen molar-refractivity contribution >= 4 is 29.5 Å². The first-order valence-electron chi connectivity index (χ1n) is 11.0. The summed E-state index contributed by atoms with van der Waals surface area (Å²) in [6.07, 6.45) is 4.26. The standard InChI is InChI=1S/C25H30ClN3O4/c1-32-22-10-7-20(18-23(22)33-2)25(31)27-12-3-13-28-14-16-29(17-15-28)24(30)11-6-19-4-8-21(26)9-5-19/h4-11,18H,3,12-17H2,1-2H3,(H,27,31)/b11-6+. The number of halogens is 1. The molecule has 0 saturated carbocycles. The van der Waals surface area contributed by atoms with Gasteiger partial charge in [-0.15, -0.1) is 0 Å². The Balaban J connectivity index is 1.35. The van der Waals surface area contributed by atoms with Gasteiger partial charge >= 0.3 is 0 Å². The molecule has 0 spiro atoms. The Kier molecular flexibility index (Phi) is 9.15. The summed E-state index contributed by atoms with van der Waals surface area (Å²) in [5.74, 6) is 0.998. The summed E-state index contributed by atoms with van der Waals surface area (Å²) in [7, 11) is 3.11. The first kappa shape index (κ1) is 24.6. The lowest BCUT2D eigenvalue weighted by Crippen LogP contribution is -2.48. The highest BCUT2D eigenvalue weighted by Crippen LogP contribution is 2.27. The maximum atomic E-state index is 12.4. The predicted molar refractivity (Wildman–Crippen MR) is 130 cm³/mol. The molecule has 0 bridgehead atoms. The zero-order valence-electron chi connectivity index (χ0n) is 19.1. The summed E-state index contributed by atoms with van der Waals surface area (Å²) in [5, 5.41) is 3.62. The van der Waals surface area contributed by atoms with Crippen LogP contribution in [0, 0.1) is 0 Å². The lowest BCUT2D eigenvalue weighted by Gasteiger charge is -2.34. The number of amides is 2. The van der Waals surface area contributed by atoms with Crippen LogP contribution in [0.15, 0.2) is 48.5 Å². The first-order valence-corrected chi connectivity index (χ1v) is 11.3. The Morgan fingerprint density at radius 3 is 2.36 bits per heavy atom. The van der Waals surface area contributed by atoms with Crippen LogP contribution in [0.4, 0.5) is 0 Å². The summed E-state index contributed by atoms with van der Waals surface area (Å²) in [5.41, 5.74) is 1.48. The number of nitrogens with one attached hydrogen (secondary N) is 1. The van der Waals surface area contributed by atoms with Crippen molar-refractivity contribution in [3.05, 3.63) is 64.7 Å². The highest BCUT2D eigenvalue weighted by molar-refractivity contribution is 6.30. The summed E-state index contributed by atoms with van der Waals surface area (Å²) < 4.78 is 10.5. The normalized spacial score (nSPS) is 14.3. The Labute approximate surface area is 199 Å². The minimum absolute atomic E-state index is 0.0202. The number of hydrogen-bond donors (Lipinski definition) is 1. The molecule has 33 heavy (non-hydrogen) atoms. The minimum atomic E-state index is -0.140. The topological polar surface area (TPSA) is 71.1 Å². The molecule has 8 heteroatoms. The van der Waals surface area contributed by atoms with E-state index in [4.69, 9.17) is 21.1 Å². The van der Waals surface area contributed by atoms with Gasteiger partial charge in [0.25, 0.3) is 5.91 Å². The number of benzene rings is 2. The van der Waals surface area contributed by atoms with E-state index in [2.05, 4.69) is 10.2 Å². The highest BCUT2D eigenvalue weighted by atomic mass is 35.5. The van der Waals surface area contributed by atoms with Crippen molar-refractivity contribution < 1.29 is 19.1 Å². The molecular formula is C25H30ClN3O4. The second-order valence-electron chi connectivity index (χ2n) is 7.73. The van der Waals surface area contributed by atoms with E-state index in [0.29, 0.717) is 41.7 Å². The van der Waals surface area contributed by atoms with Crippen LogP contribution in [0.25, 0.3) is 6.08 Å². The molecule has 176 valence electrons. The summed E-state index contributed by atoms with van der Waals surface area (Å²) in [6.45, 7) is 4.49. The number of hydrogen-bond acceptors (Lipinski definition) is 5. The van der Waals surface area contributed by atoms with Crippen molar-refractivity contribution in [1.29, 1.82) is 0 Å². The van der Waals surface area contributed by atoms with Crippen LogP contribution in [0.5, 0.6) is 11.5 Å². The molecule has 1 N–H and O–H groups in total. The largest absolute Gasteiger partial charge is 0.493 e. The Morgan fingerprint density at radius 2 is 1.70 bits per heavy atom. The van der Waals surface area contributed by atoms with Crippen molar-refractivity contribution in [3.8, 4) is 11.5 Å². The van der Waals surface area contributed by atoms with Gasteiger partial charge in [-0.3, -0.25) is 14.5 Å². The van der Waals surface area contributed by atoms with Gasteiger partial charge in [-0.05, 0) is 54.9 Å². The van der Waals surface area contributed by atoms with Gasteiger partial charge in [-0.2, -0.15) is 0 Å². The molecule has 1 saturated heterocycles. The van der Waals surface area contributed by atoms with Crippen molar-refractivity contribution in [2.24, 2.45) is 0 Å². The number of nitrogens with zero attached hydrogens (tertiary/aromatic N) is 2. The lowest BCUT2D eigenvalue weighted by molar-refractivity contribution is -0.127. The SMILES string of the molecule is COc1ccc(C(=O)NCCCN2CCN(C(=O)/C=C/c3ccc(Cl)cc3)CC2)cc1OC. The van der Waals surface area contributed by atoms with Crippen LogP contribution in [-0.2, 0) is 4.79 Å². The third-order valence-corrected chi connectivity index (χ3v) is 5.81. The molecule has 0 atom stereocenters. The van der Waals surface area contributed by atoms with Crippen LogP contribution < -0.4 is 14.8 Å². The molecule has 2 aromatic carbocycles. The quantitative estimate of drug-likeness (QED) is 0.448. The van der Waals surface area contributed by atoms with E-state index in [0.717, 1.165) is 31.6 Å². The Morgan fingerprint density at radius 1 is 1.00 bits per heavy atom. The van der Waals surface area contributed by atoms with E-state index >= 15 is 0 Å². The van der Waals surface area contributed by atoms with Crippen LogP contribution in [-0.4, -0.2) is 75.1 Å². The van der Waals surface area contributed by atoms with Crippen LogP contribution in [0.3, 0.4) is 0 Å². The van der Waals surface area contributed by atoms with Gasteiger partial charge in [-0.25, -0.2) is 0 Å². The van der Waals surface area contributed by atoms with Crippen molar-refractivity contribution in [2.45, 2.75) is 6.42 Å². The molecule has 0 aromatic heterocycles. The van der Waals surface area contributed by atoms with Crippen LogP contribution in [0.2, 0.25) is 5.02 Å². The molecule has 0 aliphatic carbocycles. The Hall–Kier alpha value is -3.03. The monoisotopic (exact) mass is 471 g/mol. The smallest absolute Gasteiger partial charge is 0.251 e. The van der Waals surface area contributed by atoms with Gasteiger partial charge in [0, 0.05) is 49.4 Å². The molecule has 3 rings (SSSR count). The summed E-state index contributed by atoms with van der Waals surface area (Å²) in [6, 6.07) is 12.5. The van der Waals surface area contributed by atoms with E-state index < -0.39 is 0 Å². The maximum Gasteiger partial charge on any atom is 0.251 e. The van der Waals surface area contributed by atoms with Gasteiger partial charge in [0.05, 0.1) is 14.2 Å². The molecule has 2 aromatic rings. The zero-order valence-corrected chi connectivity index (χ0v) is 19.8. The maximum absolute atomic E-state index is 12.4. The van der Waals surface area contributed by atoms with E-state index in [1.165, 1.54) is 0 Å². The number of ether oxygens (including phenoxy) is 2. The molecule has 7 nitrogen and oxygen atoms in total. The number of piperazine rings is 1. The average Bonchev–Trinajstić information content (AvgIpc) is 2.85. The molecule has 1 heterocycles. The van der Waals surface area contributed by atoms with Gasteiger partial charge < -0.3 is 19.7 Å². The molecule has 2 amide bonds. The molecule has 1 fully saturated rings. The number of rotatable bonds is 9. The second-order valence-corrected chi connectivity index (χ2v) is 8.17. The number of carbonyl (C=O) groups excluding carboxylic acids is 2. The summed E-state index contributed by atoms with van der Waals surface area (Å²) in [4.78, 5) is 29.0. The molecule has 1 aliphatic heterocycles. The fraction of sp³-hybridized carbons (Fsp3) is 0.360. The van der Waals surface area contributed by atoms with Crippen LogP contribution >= 0.6 is 11.6 Å². The van der Waals surface area contributed by atoms with Gasteiger partial charge in [-0.1, -0.05) is 23.7 Å². The van der Waals surface area contributed by atoms with Gasteiger partial charge in [0.2, 0.25) is 5.91 Å². The Bertz CT molecular complexity index is 970. The first-order chi connectivity index (χ1) is 16.0. The third-order valence-electron chi connectivity index (χ3n) is 5.55. The van der Waals surface area contributed by atoms with Crippen LogP contribution in [0.1, 0.15) is 22.3 Å².